The van der Waals surface area contributed by atoms with E-state index in [0.717, 1.165) is 39.0 Å². The van der Waals surface area contributed by atoms with Crippen molar-refractivity contribution in [3.8, 4) is 0 Å². The van der Waals surface area contributed by atoms with Crippen molar-refractivity contribution < 1.29 is 4.79 Å². The first-order chi connectivity index (χ1) is 8.16. The molecule has 0 aromatic heterocycles. The summed E-state index contributed by atoms with van der Waals surface area (Å²) in [5, 5.41) is 3.38. The number of likely N-dealkylation sites (N-methyl/N-ethyl adjacent to an activating group) is 2. The molecule has 0 aromatic rings. The van der Waals surface area contributed by atoms with E-state index in [1.807, 2.05) is 11.9 Å². The molecule has 98 valence electrons. The van der Waals surface area contributed by atoms with E-state index in [9.17, 15) is 4.79 Å². The molecule has 2 fully saturated rings. The summed E-state index contributed by atoms with van der Waals surface area (Å²) in [4.78, 5) is 16.5. The first-order valence-corrected chi connectivity index (χ1v) is 6.81. The highest BCUT2D eigenvalue weighted by Crippen LogP contribution is 2.18. The number of rotatable bonds is 3. The van der Waals surface area contributed by atoms with Gasteiger partial charge in [0, 0.05) is 26.1 Å². The third-order valence-corrected chi connectivity index (χ3v) is 4.17. The normalized spacial score (nSPS) is 30.5. The lowest BCUT2D eigenvalue weighted by molar-refractivity contribution is -0.132. The fourth-order valence-corrected chi connectivity index (χ4v) is 2.92. The van der Waals surface area contributed by atoms with Crippen molar-refractivity contribution >= 4 is 5.91 Å². The zero-order valence-corrected chi connectivity index (χ0v) is 11.1. The number of carbonyl (C=O) groups is 1. The Balaban J connectivity index is 1.78. The van der Waals surface area contributed by atoms with E-state index in [0.29, 0.717) is 17.9 Å². The standard InChI is InChI=1S/C13H25N3O/c1-15-7-5-12(10-15)16(2)13(17)8-11-4-3-6-14-9-11/h11-12,14H,3-10H2,1-2H3. The first kappa shape index (κ1) is 12.8. The maximum absolute atomic E-state index is 12.2. The number of hydrogen-bond donors (Lipinski definition) is 1. The van der Waals surface area contributed by atoms with Crippen LogP contribution in [0.5, 0.6) is 0 Å². The number of carbonyl (C=O) groups excluding carboxylic acids is 1. The number of piperidine rings is 1. The maximum Gasteiger partial charge on any atom is 0.222 e. The highest BCUT2D eigenvalue weighted by atomic mass is 16.2. The second kappa shape index (κ2) is 5.83. The Morgan fingerprint density at radius 1 is 1.47 bits per heavy atom. The van der Waals surface area contributed by atoms with Crippen molar-refractivity contribution in [2.45, 2.75) is 31.7 Å². The van der Waals surface area contributed by atoms with Crippen molar-refractivity contribution in [1.82, 2.24) is 15.1 Å². The van der Waals surface area contributed by atoms with Gasteiger partial charge >= 0.3 is 0 Å². The summed E-state index contributed by atoms with van der Waals surface area (Å²) in [5.74, 6) is 0.886. The topological polar surface area (TPSA) is 35.6 Å². The van der Waals surface area contributed by atoms with Gasteiger partial charge in [-0.2, -0.15) is 0 Å². The van der Waals surface area contributed by atoms with E-state index < -0.39 is 0 Å². The zero-order valence-electron chi connectivity index (χ0n) is 11.1. The summed E-state index contributed by atoms with van der Waals surface area (Å²) in [6.07, 6.45) is 4.27. The largest absolute Gasteiger partial charge is 0.341 e. The van der Waals surface area contributed by atoms with Crippen LogP contribution in [0.25, 0.3) is 0 Å². The van der Waals surface area contributed by atoms with Crippen molar-refractivity contribution in [2.24, 2.45) is 5.92 Å². The minimum Gasteiger partial charge on any atom is -0.341 e. The summed E-state index contributed by atoms with van der Waals surface area (Å²) in [6.45, 7) is 4.29. The van der Waals surface area contributed by atoms with E-state index in [-0.39, 0.29) is 0 Å². The maximum atomic E-state index is 12.2. The Morgan fingerprint density at radius 2 is 2.29 bits per heavy atom. The Bertz CT molecular complexity index is 263. The third-order valence-electron chi connectivity index (χ3n) is 4.17. The van der Waals surface area contributed by atoms with Gasteiger partial charge in [-0.1, -0.05) is 0 Å². The van der Waals surface area contributed by atoms with Gasteiger partial charge < -0.3 is 15.1 Å². The molecule has 2 atom stereocenters. The van der Waals surface area contributed by atoms with Gasteiger partial charge in [-0.3, -0.25) is 4.79 Å². The molecule has 2 aliphatic rings. The smallest absolute Gasteiger partial charge is 0.222 e. The highest BCUT2D eigenvalue weighted by molar-refractivity contribution is 5.76. The SMILES string of the molecule is CN1CCC(N(C)C(=O)CC2CCCNC2)C1. The summed E-state index contributed by atoms with van der Waals surface area (Å²) in [7, 11) is 4.10. The van der Waals surface area contributed by atoms with E-state index in [1.165, 1.54) is 12.8 Å². The molecule has 2 unspecified atom stereocenters. The molecule has 17 heavy (non-hydrogen) atoms. The number of likely N-dealkylation sites (tertiary alicyclic amines) is 1. The van der Waals surface area contributed by atoms with E-state index in [4.69, 9.17) is 0 Å². The molecule has 0 aliphatic carbocycles. The molecule has 1 amide bonds. The van der Waals surface area contributed by atoms with Crippen molar-refractivity contribution in [1.29, 1.82) is 0 Å². The van der Waals surface area contributed by atoms with Gasteiger partial charge in [-0.05, 0) is 51.9 Å². The average Bonchev–Trinajstić information content (AvgIpc) is 2.76. The van der Waals surface area contributed by atoms with Crippen LogP contribution < -0.4 is 5.32 Å². The van der Waals surface area contributed by atoms with Crippen LogP contribution in [0.15, 0.2) is 0 Å². The summed E-state index contributed by atoms with van der Waals surface area (Å²) in [5.41, 5.74) is 0. The van der Waals surface area contributed by atoms with Gasteiger partial charge in [0.2, 0.25) is 5.91 Å². The highest BCUT2D eigenvalue weighted by Gasteiger charge is 2.27. The molecule has 2 aliphatic heterocycles. The summed E-state index contributed by atoms with van der Waals surface area (Å²) in [6, 6.07) is 0.434. The van der Waals surface area contributed by atoms with Crippen molar-refractivity contribution in [2.75, 3.05) is 40.3 Å². The van der Waals surface area contributed by atoms with Gasteiger partial charge in [0.25, 0.3) is 0 Å². The lowest BCUT2D eigenvalue weighted by atomic mass is 9.95. The van der Waals surface area contributed by atoms with Gasteiger partial charge in [0.15, 0.2) is 0 Å². The zero-order chi connectivity index (χ0) is 12.3. The second-order valence-corrected chi connectivity index (χ2v) is 5.63. The lowest BCUT2D eigenvalue weighted by Gasteiger charge is -2.28. The molecule has 4 heteroatoms. The van der Waals surface area contributed by atoms with Crippen LogP contribution in [0.3, 0.4) is 0 Å². The number of hydrogen-bond acceptors (Lipinski definition) is 3. The molecule has 0 radical (unpaired) electrons. The fraction of sp³-hybridized carbons (Fsp3) is 0.923. The Morgan fingerprint density at radius 3 is 2.88 bits per heavy atom. The van der Waals surface area contributed by atoms with Crippen LogP contribution in [-0.2, 0) is 4.79 Å². The monoisotopic (exact) mass is 239 g/mol. The molecular formula is C13H25N3O. The number of nitrogens with zero attached hydrogens (tertiary/aromatic N) is 2. The van der Waals surface area contributed by atoms with Crippen LogP contribution >= 0.6 is 0 Å². The van der Waals surface area contributed by atoms with Crippen LogP contribution in [0.4, 0.5) is 0 Å². The summed E-state index contributed by atoms with van der Waals surface area (Å²) < 4.78 is 0. The molecule has 0 aromatic carbocycles. The van der Waals surface area contributed by atoms with Crippen LogP contribution in [-0.4, -0.2) is 62.0 Å². The van der Waals surface area contributed by atoms with Gasteiger partial charge in [0.1, 0.15) is 0 Å². The fourth-order valence-electron chi connectivity index (χ4n) is 2.92. The second-order valence-electron chi connectivity index (χ2n) is 5.63. The molecule has 1 N–H and O–H groups in total. The molecule has 0 saturated carbocycles. The van der Waals surface area contributed by atoms with Gasteiger partial charge in [0.05, 0.1) is 0 Å². The van der Waals surface area contributed by atoms with E-state index in [2.05, 4.69) is 17.3 Å². The van der Waals surface area contributed by atoms with Crippen molar-refractivity contribution in [3.05, 3.63) is 0 Å². The molecule has 2 rings (SSSR count). The number of amides is 1. The minimum absolute atomic E-state index is 0.332. The predicted octanol–water partition coefficient (Wildman–Crippen LogP) is 0.539. The van der Waals surface area contributed by atoms with E-state index >= 15 is 0 Å². The molecular weight excluding hydrogens is 214 g/mol. The molecule has 2 saturated heterocycles. The lowest BCUT2D eigenvalue weighted by Crippen LogP contribution is -2.41. The third kappa shape index (κ3) is 3.42. The van der Waals surface area contributed by atoms with Gasteiger partial charge in [-0.15, -0.1) is 0 Å². The van der Waals surface area contributed by atoms with Crippen molar-refractivity contribution in [3.63, 3.8) is 0 Å². The first-order valence-electron chi connectivity index (χ1n) is 6.81. The number of nitrogens with one attached hydrogen (secondary N) is 1. The molecule has 4 nitrogen and oxygen atoms in total. The van der Waals surface area contributed by atoms with Crippen LogP contribution in [0.2, 0.25) is 0 Å². The quantitative estimate of drug-likeness (QED) is 0.781. The Hall–Kier alpha value is -0.610. The molecule has 0 bridgehead atoms. The van der Waals surface area contributed by atoms with Crippen LogP contribution in [0.1, 0.15) is 25.7 Å². The average molecular weight is 239 g/mol. The van der Waals surface area contributed by atoms with Crippen LogP contribution in [0, 0.1) is 5.92 Å². The van der Waals surface area contributed by atoms with E-state index in [1.54, 1.807) is 0 Å². The molecule has 2 heterocycles. The Labute approximate surface area is 104 Å². The van der Waals surface area contributed by atoms with Gasteiger partial charge in [-0.25, -0.2) is 0 Å². The predicted molar refractivity (Wildman–Crippen MR) is 68.9 cm³/mol. The Kier molecular flexibility index (Phi) is 4.40. The molecule has 0 spiro atoms. The summed E-state index contributed by atoms with van der Waals surface area (Å²) >= 11 is 0. The minimum atomic E-state index is 0.332.